The molecule has 0 radical (unpaired) electrons. The molecule has 0 fully saturated rings. The van der Waals surface area contributed by atoms with Crippen LogP contribution in [-0.4, -0.2) is 37.4 Å². The summed E-state index contributed by atoms with van der Waals surface area (Å²) in [5.41, 5.74) is 7.59. The average Bonchev–Trinajstić information content (AvgIpc) is 2.83. The first-order chi connectivity index (χ1) is 15.8. The van der Waals surface area contributed by atoms with E-state index in [1.165, 1.54) is 12.1 Å². The van der Waals surface area contributed by atoms with Crippen LogP contribution < -0.4 is 10.5 Å². The first kappa shape index (κ1) is 24.3. The second kappa shape index (κ2) is 11.0. The molecule has 8 heteroatoms. The van der Waals surface area contributed by atoms with Gasteiger partial charge in [0.1, 0.15) is 0 Å². The highest BCUT2D eigenvalue weighted by Crippen LogP contribution is 2.17. The molecule has 0 saturated carbocycles. The van der Waals surface area contributed by atoms with Crippen LogP contribution in [0.15, 0.2) is 95.9 Å². The minimum Gasteiger partial charge on any atom is -0.481 e. The number of benzene rings is 3. The third-order valence-electron chi connectivity index (χ3n) is 5.35. The molecule has 2 unspecified atom stereocenters. The zero-order valence-electron chi connectivity index (χ0n) is 17.9. The molecule has 0 aliphatic carbocycles. The van der Waals surface area contributed by atoms with Gasteiger partial charge in [0.05, 0.1) is 22.9 Å². The van der Waals surface area contributed by atoms with E-state index in [4.69, 9.17) is 5.73 Å². The predicted octanol–water partition coefficient (Wildman–Crippen LogP) is 2.42. The van der Waals surface area contributed by atoms with Crippen molar-refractivity contribution in [3.8, 4) is 0 Å². The lowest BCUT2D eigenvalue weighted by molar-refractivity contribution is -0.144. The molecule has 0 aliphatic rings. The van der Waals surface area contributed by atoms with Gasteiger partial charge in [0.2, 0.25) is 10.0 Å². The Morgan fingerprint density at radius 3 is 1.73 bits per heavy atom. The SMILES string of the molecule is N[C@H](C(=O)C(Cc1ccccc1)NS(=O)(=O)c1ccccc1)C(Cc1ccccc1)C(=O)O. The molecule has 7 nitrogen and oxygen atoms in total. The number of carboxylic acid groups (broad SMARTS) is 1. The van der Waals surface area contributed by atoms with E-state index in [0.29, 0.717) is 5.56 Å². The molecular weight excluding hydrogens is 440 g/mol. The smallest absolute Gasteiger partial charge is 0.308 e. The summed E-state index contributed by atoms with van der Waals surface area (Å²) in [5.74, 6) is -3.11. The number of Topliss-reactive ketones (excluding diaryl/α,β-unsaturated/α-hetero) is 1. The largest absolute Gasteiger partial charge is 0.481 e. The summed E-state index contributed by atoms with van der Waals surface area (Å²) in [6.45, 7) is 0. The first-order valence-corrected chi connectivity index (χ1v) is 11.9. The maximum atomic E-state index is 13.4. The first-order valence-electron chi connectivity index (χ1n) is 10.5. The van der Waals surface area contributed by atoms with Crippen molar-refractivity contribution in [1.29, 1.82) is 0 Å². The Balaban J connectivity index is 1.89. The zero-order chi connectivity index (χ0) is 23.8. The van der Waals surface area contributed by atoms with E-state index in [2.05, 4.69) is 4.72 Å². The fraction of sp³-hybridized carbons (Fsp3) is 0.200. The van der Waals surface area contributed by atoms with Gasteiger partial charge in [0.15, 0.2) is 5.78 Å². The Morgan fingerprint density at radius 2 is 1.24 bits per heavy atom. The van der Waals surface area contributed by atoms with Crippen LogP contribution in [0.5, 0.6) is 0 Å². The van der Waals surface area contributed by atoms with E-state index < -0.39 is 39.8 Å². The number of hydrogen-bond donors (Lipinski definition) is 3. The van der Waals surface area contributed by atoms with Gasteiger partial charge in [-0.05, 0) is 36.1 Å². The van der Waals surface area contributed by atoms with Crippen LogP contribution in [0.2, 0.25) is 0 Å². The summed E-state index contributed by atoms with van der Waals surface area (Å²) in [5, 5.41) is 9.77. The van der Waals surface area contributed by atoms with Crippen molar-refractivity contribution < 1.29 is 23.1 Å². The quantitative estimate of drug-likeness (QED) is 0.398. The van der Waals surface area contributed by atoms with Crippen LogP contribution in [0.25, 0.3) is 0 Å². The number of ketones is 1. The number of nitrogens with two attached hydrogens (primary N) is 1. The second-order valence-electron chi connectivity index (χ2n) is 7.74. The van der Waals surface area contributed by atoms with E-state index in [9.17, 15) is 23.1 Å². The minimum absolute atomic E-state index is 0.00324. The van der Waals surface area contributed by atoms with Crippen LogP contribution in [0.3, 0.4) is 0 Å². The molecule has 0 heterocycles. The molecule has 33 heavy (non-hydrogen) atoms. The van der Waals surface area contributed by atoms with Gasteiger partial charge >= 0.3 is 5.97 Å². The van der Waals surface area contributed by atoms with Crippen molar-refractivity contribution in [1.82, 2.24) is 4.72 Å². The van der Waals surface area contributed by atoms with E-state index in [-0.39, 0.29) is 17.7 Å². The van der Waals surface area contributed by atoms with Gasteiger partial charge in [-0.3, -0.25) is 9.59 Å². The van der Waals surface area contributed by atoms with Gasteiger partial charge in [0, 0.05) is 0 Å². The standard InChI is InChI=1S/C25H26N2O5S/c26-23(21(25(29)30)16-18-10-4-1-5-11-18)24(28)22(17-19-12-6-2-7-13-19)27-33(31,32)20-14-8-3-9-15-20/h1-15,21-23,27H,16-17,26H2,(H,29,30)/t21?,22?,23-/m0/s1. The summed E-state index contributed by atoms with van der Waals surface area (Å²) in [4.78, 5) is 25.3. The fourth-order valence-corrected chi connectivity index (χ4v) is 4.80. The summed E-state index contributed by atoms with van der Waals surface area (Å²) in [6.07, 6.45) is 0.0870. The Labute approximate surface area is 193 Å². The van der Waals surface area contributed by atoms with Gasteiger partial charge in [-0.25, -0.2) is 13.1 Å². The monoisotopic (exact) mass is 466 g/mol. The highest BCUT2D eigenvalue weighted by molar-refractivity contribution is 7.89. The molecule has 0 bridgehead atoms. The van der Waals surface area contributed by atoms with E-state index in [1.807, 2.05) is 0 Å². The molecular formula is C25H26N2O5S. The number of carbonyl (C=O) groups excluding carboxylic acids is 1. The van der Waals surface area contributed by atoms with E-state index >= 15 is 0 Å². The van der Waals surface area contributed by atoms with Gasteiger partial charge in [-0.15, -0.1) is 0 Å². The summed E-state index contributed by atoms with van der Waals surface area (Å²) >= 11 is 0. The molecule has 3 atom stereocenters. The van der Waals surface area contributed by atoms with Crippen molar-refractivity contribution in [3.05, 3.63) is 102 Å². The number of rotatable bonds is 11. The third-order valence-corrected chi connectivity index (χ3v) is 6.84. The zero-order valence-corrected chi connectivity index (χ0v) is 18.7. The maximum Gasteiger partial charge on any atom is 0.308 e. The number of hydrogen-bond acceptors (Lipinski definition) is 5. The van der Waals surface area contributed by atoms with Crippen LogP contribution in [0.4, 0.5) is 0 Å². The van der Waals surface area contributed by atoms with Gasteiger partial charge < -0.3 is 10.8 Å². The Kier molecular flexibility index (Phi) is 8.11. The number of sulfonamides is 1. The number of carboxylic acids is 1. The van der Waals surface area contributed by atoms with Crippen LogP contribution >= 0.6 is 0 Å². The van der Waals surface area contributed by atoms with Crippen LogP contribution in [-0.2, 0) is 32.5 Å². The molecule has 0 spiro atoms. The molecule has 172 valence electrons. The topological polar surface area (TPSA) is 127 Å². The lowest BCUT2D eigenvalue weighted by Crippen LogP contribution is -2.53. The normalized spacial score (nSPS) is 14.2. The highest BCUT2D eigenvalue weighted by atomic mass is 32.2. The van der Waals surface area contributed by atoms with Crippen LogP contribution in [0.1, 0.15) is 11.1 Å². The number of nitrogens with one attached hydrogen (secondary N) is 1. The highest BCUT2D eigenvalue weighted by Gasteiger charge is 2.36. The van der Waals surface area contributed by atoms with Gasteiger partial charge in [0.25, 0.3) is 0 Å². The number of aliphatic carboxylic acids is 1. The Morgan fingerprint density at radius 1 is 0.788 bits per heavy atom. The number of carbonyl (C=O) groups is 2. The minimum atomic E-state index is -4.04. The lowest BCUT2D eigenvalue weighted by Gasteiger charge is -2.25. The van der Waals surface area contributed by atoms with Crippen molar-refractivity contribution in [2.24, 2.45) is 11.7 Å². The average molecular weight is 467 g/mol. The Bertz CT molecular complexity index is 1170. The van der Waals surface area contributed by atoms with Crippen molar-refractivity contribution in [2.45, 2.75) is 29.8 Å². The van der Waals surface area contributed by atoms with Gasteiger partial charge in [-0.1, -0.05) is 78.9 Å². The second-order valence-corrected chi connectivity index (χ2v) is 9.45. The molecule has 3 aromatic carbocycles. The Hall–Kier alpha value is -3.33. The molecule has 3 aromatic rings. The lowest BCUT2D eigenvalue weighted by atomic mass is 9.87. The van der Waals surface area contributed by atoms with E-state index in [0.717, 1.165) is 5.56 Å². The summed E-state index contributed by atoms with van der Waals surface area (Å²) < 4.78 is 28.3. The maximum absolute atomic E-state index is 13.4. The fourth-order valence-electron chi connectivity index (χ4n) is 3.57. The summed E-state index contributed by atoms with van der Waals surface area (Å²) in [6, 6.07) is 22.8. The predicted molar refractivity (Wildman–Crippen MR) is 125 cm³/mol. The van der Waals surface area contributed by atoms with Crippen molar-refractivity contribution in [3.63, 3.8) is 0 Å². The van der Waals surface area contributed by atoms with Gasteiger partial charge in [-0.2, -0.15) is 0 Å². The molecule has 0 amide bonds. The molecule has 0 aliphatic heterocycles. The van der Waals surface area contributed by atoms with Crippen LogP contribution in [0, 0.1) is 5.92 Å². The van der Waals surface area contributed by atoms with E-state index in [1.54, 1.807) is 78.9 Å². The summed E-state index contributed by atoms with van der Waals surface area (Å²) in [7, 11) is -4.04. The third kappa shape index (κ3) is 6.58. The van der Waals surface area contributed by atoms with Crippen molar-refractivity contribution >= 4 is 21.8 Å². The van der Waals surface area contributed by atoms with Crippen molar-refractivity contribution in [2.75, 3.05) is 0 Å². The molecule has 0 saturated heterocycles. The molecule has 4 N–H and O–H groups in total. The molecule has 3 rings (SSSR count). The molecule has 0 aromatic heterocycles.